The number of fused-ring (bicyclic) bond motifs is 2. The zero-order valence-corrected chi connectivity index (χ0v) is 14.5. The highest BCUT2D eigenvalue weighted by Crippen LogP contribution is 2.30. The summed E-state index contributed by atoms with van der Waals surface area (Å²) in [5, 5.41) is 6.86. The van der Waals surface area contributed by atoms with Crippen molar-refractivity contribution in [3.05, 3.63) is 91.3 Å². The van der Waals surface area contributed by atoms with Crippen molar-refractivity contribution in [3.8, 4) is 11.4 Å². The second-order valence-corrected chi connectivity index (χ2v) is 6.31. The summed E-state index contributed by atoms with van der Waals surface area (Å²) in [6, 6.07) is 26.5. The maximum absolute atomic E-state index is 4.81. The Balaban J connectivity index is 1.70. The number of nitrogens with zero attached hydrogens (tertiary/aromatic N) is 3. The molecule has 128 valence electrons. The Hall–Kier alpha value is -3.79. The molecule has 0 saturated heterocycles. The standard InChI is InChI=1S/C23H16N4/c1-2-10-18-16(7-1)8-5-13-20(18)26-23-19-11-3-4-12-21(19)25-22(27-23)17-9-6-14-24-15-17/h1-15H,(H,25,26,27). The molecule has 0 radical (unpaired) electrons. The highest BCUT2D eigenvalue weighted by atomic mass is 15.0. The van der Waals surface area contributed by atoms with Gasteiger partial charge in [-0.1, -0.05) is 48.5 Å². The van der Waals surface area contributed by atoms with Gasteiger partial charge in [-0.25, -0.2) is 9.97 Å². The van der Waals surface area contributed by atoms with Crippen molar-refractivity contribution in [2.75, 3.05) is 5.32 Å². The summed E-state index contributed by atoms with van der Waals surface area (Å²) in [4.78, 5) is 13.7. The first-order chi connectivity index (χ1) is 13.4. The molecule has 3 aromatic carbocycles. The third-order valence-electron chi connectivity index (χ3n) is 4.57. The van der Waals surface area contributed by atoms with Crippen LogP contribution < -0.4 is 5.32 Å². The van der Waals surface area contributed by atoms with Crippen LogP contribution in [0.4, 0.5) is 11.5 Å². The summed E-state index contributed by atoms with van der Waals surface area (Å²) in [6.45, 7) is 0. The maximum atomic E-state index is 4.81. The summed E-state index contributed by atoms with van der Waals surface area (Å²) in [7, 11) is 0. The Labute approximate surface area is 156 Å². The lowest BCUT2D eigenvalue weighted by Crippen LogP contribution is -2.00. The highest BCUT2D eigenvalue weighted by molar-refractivity contribution is 5.99. The van der Waals surface area contributed by atoms with E-state index in [0.29, 0.717) is 5.82 Å². The van der Waals surface area contributed by atoms with Gasteiger partial charge in [0.2, 0.25) is 0 Å². The summed E-state index contributed by atoms with van der Waals surface area (Å²) >= 11 is 0. The molecule has 4 heteroatoms. The summed E-state index contributed by atoms with van der Waals surface area (Å²) in [5.74, 6) is 1.44. The molecule has 1 N–H and O–H groups in total. The van der Waals surface area contributed by atoms with E-state index >= 15 is 0 Å². The molecule has 0 aliphatic heterocycles. The number of anilines is 2. The first kappa shape index (κ1) is 15.5. The minimum atomic E-state index is 0.657. The topological polar surface area (TPSA) is 50.7 Å². The zero-order valence-electron chi connectivity index (χ0n) is 14.5. The smallest absolute Gasteiger partial charge is 0.163 e. The van der Waals surface area contributed by atoms with Gasteiger partial charge in [0, 0.05) is 34.4 Å². The third kappa shape index (κ3) is 2.87. The van der Waals surface area contributed by atoms with E-state index in [2.05, 4.69) is 40.6 Å². The van der Waals surface area contributed by atoms with E-state index in [-0.39, 0.29) is 0 Å². The van der Waals surface area contributed by atoms with Gasteiger partial charge in [-0.15, -0.1) is 0 Å². The molecule has 2 heterocycles. The molecule has 0 bridgehead atoms. The predicted molar refractivity (Wildman–Crippen MR) is 110 cm³/mol. The SMILES string of the molecule is c1cncc(-c2nc(Nc3cccc4ccccc34)c3ccccc3n2)c1. The molecule has 0 fully saturated rings. The first-order valence-electron chi connectivity index (χ1n) is 8.80. The van der Waals surface area contributed by atoms with Gasteiger partial charge in [0.1, 0.15) is 5.82 Å². The molecule has 0 unspecified atom stereocenters. The van der Waals surface area contributed by atoms with Crippen molar-refractivity contribution in [2.24, 2.45) is 0 Å². The van der Waals surface area contributed by atoms with E-state index in [4.69, 9.17) is 9.97 Å². The molecule has 5 aromatic rings. The monoisotopic (exact) mass is 348 g/mol. The summed E-state index contributed by atoms with van der Waals surface area (Å²) in [5.41, 5.74) is 2.81. The number of nitrogens with one attached hydrogen (secondary N) is 1. The van der Waals surface area contributed by atoms with Crippen LogP contribution in [0.1, 0.15) is 0 Å². The molecule has 0 saturated carbocycles. The molecular weight excluding hydrogens is 332 g/mol. The molecule has 0 aliphatic carbocycles. The Bertz CT molecular complexity index is 1240. The predicted octanol–water partition coefficient (Wildman–Crippen LogP) is 5.59. The van der Waals surface area contributed by atoms with Crippen LogP contribution in [0.2, 0.25) is 0 Å². The van der Waals surface area contributed by atoms with Gasteiger partial charge in [0.15, 0.2) is 5.82 Å². The minimum absolute atomic E-state index is 0.657. The number of hydrogen-bond acceptors (Lipinski definition) is 4. The van der Waals surface area contributed by atoms with Crippen LogP contribution in [0.15, 0.2) is 91.3 Å². The molecular formula is C23H16N4. The van der Waals surface area contributed by atoms with E-state index < -0.39 is 0 Å². The summed E-state index contributed by atoms with van der Waals surface area (Å²) in [6.07, 6.45) is 3.53. The van der Waals surface area contributed by atoms with E-state index in [1.807, 2.05) is 48.5 Å². The zero-order chi connectivity index (χ0) is 18.1. The fourth-order valence-electron chi connectivity index (χ4n) is 3.26. The quantitative estimate of drug-likeness (QED) is 0.462. The van der Waals surface area contributed by atoms with Crippen molar-refractivity contribution in [1.29, 1.82) is 0 Å². The Morgan fingerprint density at radius 3 is 2.37 bits per heavy atom. The average Bonchev–Trinajstić information content (AvgIpc) is 2.74. The second-order valence-electron chi connectivity index (χ2n) is 6.31. The molecule has 2 aromatic heterocycles. The van der Waals surface area contributed by atoms with Gasteiger partial charge in [-0.2, -0.15) is 0 Å². The molecule has 0 atom stereocenters. The molecule has 4 nitrogen and oxygen atoms in total. The van der Waals surface area contributed by atoms with Crippen molar-refractivity contribution in [2.45, 2.75) is 0 Å². The van der Waals surface area contributed by atoms with Crippen LogP contribution in [0, 0.1) is 0 Å². The Morgan fingerprint density at radius 2 is 1.48 bits per heavy atom. The number of para-hydroxylation sites is 1. The Kier molecular flexibility index (Phi) is 3.72. The largest absolute Gasteiger partial charge is 0.339 e. The van der Waals surface area contributed by atoms with Crippen LogP contribution in [-0.4, -0.2) is 15.0 Å². The van der Waals surface area contributed by atoms with Crippen molar-refractivity contribution in [3.63, 3.8) is 0 Å². The van der Waals surface area contributed by atoms with E-state index in [9.17, 15) is 0 Å². The molecule has 0 amide bonds. The van der Waals surface area contributed by atoms with Crippen molar-refractivity contribution >= 4 is 33.2 Å². The number of pyridine rings is 1. The normalized spacial score (nSPS) is 11.0. The maximum Gasteiger partial charge on any atom is 0.163 e. The number of rotatable bonds is 3. The second kappa shape index (κ2) is 6.50. The van der Waals surface area contributed by atoms with Crippen LogP contribution in [0.3, 0.4) is 0 Å². The van der Waals surface area contributed by atoms with Gasteiger partial charge in [-0.05, 0) is 35.7 Å². The molecule has 27 heavy (non-hydrogen) atoms. The molecule has 5 rings (SSSR count). The fourth-order valence-corrected chi connectivity index (χ4v) is 3.26. The Morgan fingerprint density at radius 1 is 0.667 bits per heavy atom. The lowest BCUT2D eigenvalue weighted by molar-refractivity contribution is 1.20. The van der Waals surface area contributed by atoms with Crippen LogP contribution >= 0.6 is 0 Å². The van der Waals surface area contributed by atoms with Crippen molar-refractivity contribution < 1.29 is 0 Å². The highest BCUT2D eigenvalue weighted by Gasteiger charge is 2.10. The van der Waals surface area contributed by atoms with Gasteiger partial charge in [0.05, 0.1) is 5.52 Å². The van der Waals surface area contributed by atoms with E-state index in [0.717, 1.165) is 33.4 Å². The summed E-state index contributed by atoms with van der Waals surface area (Å²) < 4.78 is 0. The molecule has 0 aliphatic rings. The van der Waals surface area contributed by atoms with Gasteiger partial charge < -0.3 is 5.32 Å². The van der Waals surface area contributed by atoms with Crippen LogP contribution in [0.25, 0.3) is 33.1 Å². The number of hydrogen-bond donors (Lipinski definition) is 1. The average molecular weight is 348 g/mol. The minimum Gasteiger partial charge on any atom is -0.339 e. The van der Waals surface area contributed by atoms with Crippen LogP contribution in [0.5, 0.6) is 0 Å². The third-order valence-corrected chi connectivity index (χ3v) is 4.57. The van der Waals surface area contributed by atoms with E-state index in [1.54, 1.807) is 12.4 Å². The van der Waals surface area contributed by atoms with Gasteiger partial charge >= 0.3 is 0 Å². The van der Waals surface area contributed by atoms with Gasteiger partial charge in [-0.3, -0.25) is 4.98 Å². The molecule has 0 spiro atoms. The number of benzene rings is 3. The van der Waals surface area contributed by atoms with E-state index in [1.165, 1.54) is 5.39 Å². The lowest BCUT2D eigenvalue weighted by Gasteiger charge is -2.13. The van der Waals surface area contributed by atoms with Crippen LogP contribution in [-0.2, 0) is 0 Å². The first-order valence-corrected chi connectivity index (χ1v) is 8.80. The fraction of sp³-hybridized carbons (Fsp3) is 0. The lowest BCUT2D eigenvalue weighted by atomic mass is 10.1. The van der Waals surface area contributed by atoms with Crippen molar-refractivity contribution in [1.82, 2.24) is 15.0 Å². The van der Waals surface area contributed by atoms with Gasteiger partial charge in [0.25, 0.3) is 0 Å². The number of aromatic nitrogens is 3.